The van der Waals surface area contributed by atoms with Crippen LogP contribution in [0.2, 0.25) is 0 Å². The highest BCUT2D eigenvalue weighted by Crippen LogP contribution is 2.27. The van der Waals surface area contributed by atoms with Gasteiger partial charge in [-0.3, -0.25) is 13.9 Å². The van der Waals surface area contributed by atoms with Gasteiger partial charge in [-0.25, -0.2) is 12.8 Å². The molecule has 0 unspecified atom stereocenters. The van der Waals surface area contributed by atoms with Crippen LogP contribution in [0.5, 0.6) is 0 Å². The topological polar surface area (TPSA) is 86.8 Å². The first kappa shape index (κ1) is 30.8. The van der Waals surface area contributed by atoms with E-state index in [1.54, 1.807) is 19.1 Å². The highest BCUT2D eigenvalue weighted by molar-refractivity contribution is 7.92. The van der Waals surface area contributed by atoms with Crippen LogP contribution in [0.1, 0.15) is 43.9 Å². The van der Waals surface area contributed by atoms with Crippen LogP contribution in [-0.4, -0.2) is 44.3 Å². The van der Waals surface area contributed by atoms with Gasteiger partial charge in [0.05, 0.1) is 10.6 Å². The van der Waals surface area contributed by atoms with E-state index in [-0.39, 0.29) is 29.0 Å². The summed E-state index contributed by atoms with van der Waals surface area (Å²) in [7, 11) is -4.33. The molecule has 0 bridgehead atoms. The lowest BCUT2D eigenvalue weighted by molar-refractivity contribution is -0.140. The Balaban J connectivity index is 2.06. The number of halogens is 1. The summed E-state index contributed by atoms with van der Waals surface area (Å²) in [5, 5.41) is 2.90. The third-order valence-electron chi connectivity index (χ3n) is 6.51. The van der Waals surface area contributed by atoms with E-state index >= 15 is 4.39 Å². The summed E-state index contributed by atoms with van der Waals surface area (Å²) in [5.74, 6) is -1.51. The second kappa shape index (κ2) is 13.6. The number of carbonyl (C=O) groups is 2. The zero-order valence-electron chi connectivity index (χ0n) is 23.7. The van der Waals surface area contributed by atoms with Crippen LogP contribution in [-0.2, 0) is 26.2 Å². The smallest absolute Gasteiger partial charge is 0.264 e. The van der Waals surface area contributed by atoms with Gasteiger partial charge >= 0.3 is 0 Å². The van der Waals surface area contributed by atoms with Gasteiger partial charge in [0.25, 0.3) is 10.0 Å². The summed E-state index contributed by atoms with van der Waals surface area (Å²) in [5.41, 5.74) is 2.39. The standard InChI is InChI=1S/C31H38FN3O4S/c1-6-28(31(37)33-19-22(2)3)34(20-25-11-9-10-24(5)18-25)30(36)21-35(29-13-8-7-12-27(29)32)40(38,39)26-16-14-23(4)15-17-26/h7-18,22,28H,6,19-21H2,1-5H3,(H,33,37)/t28-/m0/s1. The maximum atomic E-state index is 15.0. The average Bonchev–Trinajstić information content (AvgIpc) is 2.91. The number of rotatable bonds is 12. The van der Waals surface area contributed by atoms with Crippen LogP contribution >= 0.6 is 0 Å². The number of amides is 2. The number of anilines is 1. The van der Waals surface area contributed by atoms with Gasteiger partial charge in [-0.15, -0.1) is 0 Å². The molecule has 0 aliphatic heterocycles. The molecule has 0 saturated carbocycles. The van der Waals surface area contributed by atoms with Crippen LogP contribution in [0.3, 0.4) is 0 Å². The predicted molar refractivity (Wildman–Crippen MR) is 156 cm³/mol. The normalized spacial score (nSPS) is 12.2. The van der Waals surface area contributed by atoms with Crippen molar-refractivity contribution in [3.8, 4) is 0 Å². The number of sulfonamides is 1. The van der Waals surface area contributed by atoms with E-state index in [9.17, 15) is 18.0 Å². The van der Waals surface area contributed by atoms with E-state index < -0.39 is 34.3 Å². The number of benzene rings is 3. The minimum atomic E-state index is -4.33. The predicted octanol–water partition coefficient (Wildman–Crippen LogP) is 5.22. The minimum Gasteiger partial charge on any atom is -0.354 e. The van der Waals surface area contributed by atoms with Crippen molar-refractivity contribution in [2.75, 3.05) is 17.4 Å². The van der Waals surface area contributed by atoms with Gasteiger partial charge in [-0.05, 0) is 56.0 Å². The number of aryl methyl sites for hydroxylation is 2. The Bertz CT molecular complexity index is 1420. The molecule has 3 aromatic carbocycles. The molecule has 0 spiro atoms. The summed E-state index contributed by atoms with van der Waals surface area (Å²) >= 11 is 0. The molecule has 0 aromatic heterocycles. The monoisotopic (exact) mass is 567 g/mol. The summed E-state index contributed by atoms with van der Waals surface area (Å²) in [6.07, 6.45) is 0.311. The van der Waals surface area contributed by atoms with E-state index in [0.717, 1.165) is 27.1 Å². The van der Waals surface area contributed by atoms with Crippen molar-refractivity contribution in [3.05, 3.63) is 95.3 Å². The largest absolute Gasteiger partial charge is 0.354 e. The van der Waals surface area contributed by atoms with Gasteiger partial charge in [0.2, 0.25) is 11.8 Å². The van der Waals surface area contributed by atoms with Gasteiger partial charge < -0.3 is 10.2 Å². The molecule has 214 valence electrons. The molecule has 0 fully saturated rings. The molecule has 1 atom stereocenters. The van der Waals surface area contributed by atoms with Gasteiger partial charge in [0, 0.05) is 13.1 Å². The van der Waals surface area contributed by atoms with Gasteiger partial charge in [0.15, 0.2) is 0 Å². The molecular weight excluding hydrogens is 529 g/mol. The zero-order valence-corrected chi connectivity index (χ0v) is 24.5. The molecule has 3 rings (SSSR count). The molecule has 0 aliphatic rings. The molecule has 1 N–H and O–H groups in total. The molecule has 40 heavy (non-hydrogen) atoms. The highest BCUT2D eigenvalue weighted by Gasteiger charge is 2.34. The number of carbonyl (C=O) groups excluding carboxylic acids is 2. The second-order valence-corrected chi connectivity index (χ2v) is 12.2. The molecule has 2 amide bonds. The number of para-hydroxylation sites is 1. The van der Waals surface area contributed by atoms with Crippen molar-refractivity contribution in [1.82, 2.24) is 10.2 Å². The lowest BCUT2D eigenvalue weighted by Crippen LogP contribution is -2.52. The van der Waals surface area contributed by atoms with Crippen molar-refractivity contribution in [2.24, 2.45) is 5.92 Å². The van der Waals surface area contributed by atoms with Crippen LogP contribution in [0.4, 0.5) is 10.1 Å². The van der Waals surface area contributed by atoms with Crippen LogP contribution in [0.25, 0.3) is 0 Å². The fourth-order valence-corrected chi connectivity index (χ4v) is 5.78. The zero-order chi connectivity index (χ0) is 29.4. The Morgan fingerprint density at radius 1 is 0.925 bits per heavy atom. The minimum absolute atomic E-state index is 0.0684. The quantitative estimate of drug-likeness (QED) is 0.325. The highest BCUT2D eigenvalue weighted by atomic mass is 32.2. The lowest BCUT2D eigenvalue weighted by Gasteiger charge is -2.33. The number of nitrogens with one attached hydrogen (secondary N) is 1. The maximum Gasteiger partial charge on any atom is 0.264 e. The molecule has 0 saturated heterocycles. The fourth-order valence-electron chi connectivity index (χ4n) is 4.35. The van der Waals surface area contributed by atoms with Crippen LogP contribution in [0.15, 0.2) is 77.7 Å². The fraction of sp³-hybridized carbons (Fsp3) is 0.355. The molecule has 7 nitrogen and oxygen atoms in total. The second-order valence-electron chi connectivity index (χ2n) is 10.3. The van der Waals surface area contributed by atoms with E-state index in [1.807, 2.05) is 52.0 Å². The van der Waals surface area contributed by atoms with Crippen molar-refractivity contribution in [3.63, 3.8) is 0 Å². The Morgan fingerprint density at radius 3 is 2.20 bits per heavy atom. The molecule has 0 heterocycles. The first-order valence-electron chi connectivity index (χ1n) is 13.4. The third-order valence-corrected chi connectivity index (χ3v) is 8.29. The Hall–Kier alpha value is -3.72. The SMILES string of the molecule is CC[C@@H](C(=O)NCC(C)C)N(Cc1cccc(C)c1)C(=O)CN(c1ccccc1F)S(=O)(=O)c1ccc(C)cc1. The Morgan fingerprint density at radius 2 is 1.60 bits per heavy atom. The summed E-state index contributed by atoms with van der Waals surface area (Å²) in [6.45, 7) is 9.33. The number of nitrogens with zero attached hydrogens (tertiary/aromatic N) is 2. The summed E-state index contributed by atoms with van der Waals surface area (Å²) in [6, 6.07) is 18.3. The number of hydrogen-bond acceptors (Lipinski definition) is 4. The van der Waals surface area contributed by atoms with Crippen molar-refractivity contribution in [2.45, 2.75) is 58.5 Å². The molecule has 9 heteroatoms. The van der Waals surface area contributed by atoms with Crippen LogP contribution in [0, 0.1) is 25.6 Å². The van der Waals surface area contributed by atoms with Gasteiger partial charge in [-0.2, -0.15) is 0 Å². The van der Waals surface area contributed by atoms with E-state index in [4.69, 9.17) is 0 Å². The van der Waals surface area contributed by atoms with Crippen molar-refractivity contribution >= 4 is 27.5 Å². The lowest BCUT2D eigenvalue weighted by atomic mass is 10.1. The Kier molecular flexibility index (Phi) is 10.5. The third kappa shape index (κ3) is 7.69. The summed E-state index contributed by atoms with van der Waals surface area (Å²) in [4.78, 5) is 28.6. The molecule has 3 aromatic rings. The molecule has 0 aliphatic carbocycles. The molecule has 0 radical (unpaired) electrons. The van der Waals surface area contributed by atoms with Gasteiger partial charge in [0.1, 0.15) is 18.4 Å². The maximum absolute atomic E-state index is 15.0. The van der Waals surface area contributed by atoms with E-state index in [0.29, 0.717) is 13.0 Å². The van der Waals surface area contributed by atoms with E-state index in [2.05, 4.69) is 5.32 Å². The Labute approximate surface area is 237 Å². The number of hydrogen-bond donors (Lipinski definition) is 1. The first-order valence-corrected chi connectivity index (χ1v) is 14.8. The molecular formula is C31H38FN3O4S. The van der Waals surface area contributed by atoms with Gasteiger partial charge in [-0.1, -0.05) is 80.4 Å². The first-order chi connectivity index (χ1) is 18.9. The summed E-state index contributed by atoms with van der Waals surface area (Å²) < 4.78 is 43.5. The average molecular weight is 568 g/mol. The van der Waals surface area contributed by atoms with Crippen LogP contribution < -0.4 is 9.62 Å². The van der Waals surface area contributed by atoms with E-state index in [1.165, 1.54) is 35.2 Å². The van der Waals surface area contributed by atoms with Crippen molar-refractivity contribution in [1.29, 1.82) is 0 Å². The van der Waals surface area contributed by atoms with Crippen molar-refractivity contribution < 1.29 is 22.4 Å².